The quantitative estimate of drug-likeness (QED) is 0.771. The van der Waals surface area contributed by atoms with Crippen LogP contribution in [0, 0.1) is 0 Å². The van der Waals surface area contributed by atoms with Crippen LogP contribution in [-0.2, 0) is 0 Å². The molecule has 0 saturated carbocycles. The highest BCUT2D eigenvalue weighted by atomic mass is 16.1. The van der Waals surface area contributed by atoms with Gasteiger partial charge < -0.3 is 16.0 Å². The number of nitrogens with two attached hydrogens (primary N) is 1. The molecule has 0 unspecified atom stereocenters. The first-order chi connectivity index (χ1) is 9.09. The van der Waals surface area contributed by atoms with Gasteiger partial charge in [-0.25, -0.2) is 0 Å². The fourth-order valence-corrected chi connectivity index (χ4v) is 2.11. The van der Waals surface area contributed by atoms with Crippen molar-refractivity contribution < 1.29 is 4.79 Å². The van der Waals surface area contributed by atoms with Crippen LogP contribution in [0.2, 0.25) is 0 Å². The lowest BCUT2D eigenvalue weighted by Crippen LogP contribution is -2.49. The van der Waals surface area contributed by atoms with Crippen LogP contribution in [0.15, 0.2) is 30.5 Å². The van der Waals surface area contributed by atoms with Crippen LogP contribution in [0.4, 0.5) is 0 Å². The van der Waals surface area contributed by atoms with E-state index in [1.165, 1.54) is 0 Å². The highest BCUT2D eigenvalue weighted by molar-refractivity contribution is 6.06. The molecule has 1 aromatic heterocycles. The van der Waals surface area contributed by atoms with E-state index in [4.69, 9.17) is 5.73 Å². The maximum absolute atomic E-state index is 12.2. The second-order valence-electron chi connectivity index (χ2n) is 5.00. The molecule has 1 aromatic carbocycles. The Morgan fingerprint density at radius 2 is 2.00 bits per heavy atom. The standard InChI is InChI=1S/C15H21N3O/c1-3-15(16,4-2)10-18-14(19)12-9-17-13-8-6-5-7-11(12)13/h5-9,17H,3-4,10,16H2,1-2H3,(H,18,19). The van der Waals surface area contributed by atoms with Crippen LogP contribution >= 0.6 is 0 Å². The van der Waals surface area contributed by atoms with Gasteiger partial charge in [0.15, 0.2) is 0 Å². The fraction of sp³-hybridized carbons (Fsp3) is 0.400. The summed E-state index contributed by atoms with van der Waals surface area (Å²) in [5, 5.41) is 3.88. The molecule has 19 heavy (non-hydrogen) atoms. The first kappa shape index (κ1) is 13.6. The Morgan fingerprint density at radius 3 is 2.68 bits per heavy atom. The number of hydrogen-bond donors (Lipinski definition) is 3. The summed E-state index contributed by atoms with van der Waals surface area (Å²) in [6, 6.07) is 7.77. The van der Waals surface area contributed by atoms with Crippen LogP contribution < -0.4 is 11.1 Å². The van der Waals surface area contributed by atoms with Crippen molar-refractivity contribution in [2.75, 3.05) is 6.54 Å². The molecule has 4 N–H and O–H groups in total. The zero-order chi connectivity index (χ0) is 13.9. The average molecular weight is 259 g/mol. The lowest BCUT2D eigenvalue weighted by molar-refractivity contribution is 0.0944. The van der Waals surface area contributed by atoms with Crippen molar-refractivity contribution in [2.24, 2.45) is 5.73 Å². The Hall–Kier alpha value is -1.81. The minimum Gasteiger partial charge on any atom is -0.360 e. The van der Waals surface area contributed by atoms with Crippen LogP contribution in [0.25, 0.3) is 10.9 Å². The van der Waals surface area contributed by atoms with Gasteiger partial charge in [0, 0.05) is 29.2 Å². The molecule has 0 aliphatic heterocycles. The number of carbonyl (C=O) groups excluding carboxylic acids is 1. The lowest BCUT2D eigenvalue weighted by Gasteiger charge is -2.26. The zero-order valence-electron chi connectivity index (χ0n) is 11.5. The number of benzene rings is 1. The number of amides is 1. The molecule has 2 rings (SSSR count). The fourth-order valence-electron chi connectivity index (χ4n) is 2.11. The van der Waals surface area contributed by atoms with Crippen molar-refractivity contribution in [3.8, 4) is 0 Å². The predicted molar refractivity (Wildman–Crippen MR) is 78.1 cm³/mol. The monoisotopic (exact) mass is 259 g/mol. The van der Waals surface area contributed by atoms with Crippen LogP contribution in [0.1, 0.15) is 37.0 Å². The maximum Gasteiger partial charge on any atom is 0.253 e. The van der Waals surface area contributed by atoms with Gasteiger partial charge in [-0.3, -0.25) is 4.79 Å². The van der Waals surface area contributed by atoms with E-state index in [-0.39, 0.29) is 11.4 Å². The summed E-state index contributed by atoms with van der Waals surface area (Å²) in [4.78, 5) is 15.3. The number of aromatic amines is 1. The van der Waals surface area contributed by atoms with E-state index in [1.807, 2.05) is 38.1 Å². The molecule has 0 aliphatic rings. The molecule has 0 atom stereocenters. The molecule has 4 nitrogen and oxygen atoms in total. The second-order valence-corrected chi connectivity index (χ2v) is 5.00. The minimum absolute atomic E-state index is 0.0748. The molecule has 4 heteroatoms. The Balaban J connectivity index is 2.12. The lowest BCUT2D eigenvalue weighted by atomic mass is 9.94. The second kappa shape index (κ2) is 5.45. The molecule has 0 aliphatic carbocycles. The number of H-pyrrole nitrogens is 1. The zero-order valence-corrected chi connectivity index (χ0v) is 11.5. The van der Waals surface area contributed by atoms with Crippen LogP contribution in [-0.4, -0.2) is 23.0 Å². The van der Waals surface area contributed by atoms with Gasteiger partial charge in [0.2, 0.25) is 0 Å². The molecule has 1 heterocycles. The number of nitrogens with one attached hydrogen (secondary N) is 2. The third-order valence-electron chi connectivity index (χ3n) is 3.84. The summed E-state index contributed by atoms with van der Waals surface area (Å²) in [7, 11) is 0. The molecule has 102 valence electrons. The van der Waals surface area contributed by atoms with Crippen molar-refractivity contribution in [1.29, 1.82) is 0 Å². The molecule has 0 radical (unpaired) electrons. The van der Waals surface area contributed by atoms with Gasteiger partial charge in [-0.15, -0.1) is 0 Å². The highest BCUT2D eigenvalue weighted by Gasteiger charge is 2.21. The van der Waals surface area contributed by atoms with E-state index in [0.717, 1.165) is 23.7 Å². The smallest absolute Gasteiger partial charge is 0.253 e. The summed E-state index contributed by atoms with van der Waals surface area (Å²) in [5.74, 6) is -0.0748. The van der Waals surface area contributed by atoms with Gasteiger partial charge >= 0.3 is 0 Å². The number of fused-ring (bicyclic) bond motifs is 1. The van der Waals surface area contributed by atoms with E-state index in [0.29, 0.717) is 12.1 Å². The Kier molecular flexibility index (Phi) is 3.90. The molecular formula is C15H21N3O. The summed E-state index contributed by atoms with van der Waals surface area (Å²) in [5.41, 5.74) is 7.51. The van der Waals surface area contributed by atoms with Gasteiger partial charge in [-0.1, -0.05) is 32.0 Å². The maximum atomic E-state index is 12.2. The van der Waals surface area contributed by atoms with E-state index in [9.17, 15) is 4.79 Å². The van der Waals surface area contributed by atoms with Gasteiger partial charge in [-0.05, 0) is 18.9 Å². The van der Waals surface area contributed by atoms with Crippen molar-refractivity contribution in [2.45, 2.75) is 32.2 Å². The first-order valence-corrected chi connectivity index (χ1v) is 6.73. The number of rotatable bonds is 5. The third kappa shape index (κ3) is 2.79. The van der Waals surface area contributed by atoms with Crippen LogP contribution in [0.5, 0.6) is 0 Å². The average Bonchev–Trinajstić information content (AvgIpc) is 2.88. The van der Waals surface area contributed by atoms with E-state index in [1.54, 1.807) is 6.20 Å². The Morgan fingerprint density at radius 1 is 1.32 bits per heavy atom. The molecule has 1 amide bonds. The van der Waals surface area contributed by atoms with Crippen molar-refractivity contribution in [3.05, 3.63) is 36.0 Å². The van der Waals surface area contributed by atoms with Crippen molar-refractivity contribution in [1.82, 2.24) is 10.3 Å². The summed E-state index contributed by atoms with van der Waals surface area (Å²) in [6.45, 7) is 4.58. The largest absolute Gasteiger partial charge is 0.360 e. The molecule has 0 spiro atoms. The summed E-state index contributed by atoms with van der Waals surface area (Å²) in [6.07, 6.45) is 3.44. The number of carbonyl (C=O) groups is 1. The molecular weight excluding hydrogens is 238 g/mol. The Bertz CT molecular complexity index is 570. The predicted octanol–water partition coefficient (Wildman–Crippen LogP) is 2.42. The number of para-hydroxylation sites is 1. The summed E-state index contributed by atoms with van der Waals surface area (Å²) >= 11 is 0. The van der Waals surface area contributed by atoms with Crippen molar-refractivity contribution in [3.63, 3.8) is 0 Å². The SMILES string of the molecule is CCC(N)(CC)CNC(=O)c1c[nH]c2ccccc12. The number of hydrogen-bond acceptors (Lipinski definition) is 2. The molecule has 0 bridgehead atoms. The van der Waals surface area contributed by atoms with Gasteiger partial charge in [0.25, 0.3) is 5.91 Å². The molecule has 2 aromatic rings. The normalized spacial score (nSPS) is 11.7. The van der Waals surface area contributed by atoms with Crippen molar-refractivity contribution >= 4 is 16.8 Å². The van der Waals surface area contributed by atoms with Gasteiger partial charge in [0.1, 0.15) is 0 Å². The van der Waals surface area contributed by atoms with Gasteiger partial charge in [-0.2, -0.15) is 0 Å². The third-order valence-corrected chi connectivity index (χ3v) is 3.84. The van der Waals surface area contributed by atoms with Crippen LogP contribution in [0.3, 0.4) is 0 Å². The first-order valence-electron chi connectivity index (χ1n) is 6.73. The molecule has 0 fully saturated rings. The minimum atomic E-state index is -0.318. The highest BCUT2D eigenvalue weighted by Crippen LogP contribution is 2.18. The van der Waals surface area contributed by atoms with E-state index in [2.05, 4.69) is 10.3 Å². The van der Waals surface area contributed by atoms with E-state index >= 15 is 0 Å². The van der Waals surface area contributed by atoms with E-state index < -0.39 is 0 Å². The number of aromatic nitrogens is 1. The van der Waals surface area contributed by atoms with Gasteiger partial charge in [0.05, 0.1) is 5.56 Å². The summed E-state index contributed by atoms with van der Waals surface area (Å²) < 4.78 is 0. The topological polar surface area (TPSA) is 70.9 Å². The Labute approximate surface area is 113 Å². The molecule has 0 saturated heterocycles.